The van der Waals surface area contributed by atoms with Crippen molar-refractivity contribution in [1.82, 2.24) is 5.06 Å². The molecular weight excluding hydrogens is 530 g/mol. The first kappa shape index (κ1) is 27.6. The number of nitrogens with zero attached hydrogens (tertiary/aromatic N) is 1. The van der Waals surface area contributed by atoms with E-state index >= 15 is 8.78 Å². The van der Waals surface area contributed by atoms with Crippen molar-refractivity contribution in [3.05, 3.63) is 59.4 Å². The second-order valence-corrected chi connectivity index (χ2v) is 12.7. The van der Waals surface area contributed by atoms with Crippen molar-refractivity contribution in [3.63, 3.8) is 0 Å². The first-order valence-electron chi connectivity index (χ1n) is 13.6. The number of ketones is 1. The number of benzene rings is 1. The van der Waals surface area contributed by atoms with Gasteiger partial charge in [0.15, 0.2) is 17.1 Å². The number of hydrogen-bond donors (Lipinski definition) is 1. The number of hydrogen-bond acceptors (Lipinski definition) is 6. The van der Waals surface area contributed by atoms with E-state index in [9.17, 15) is 23.5 Å². The van der Waals surface area contributed by atoms with Crippen LogP contribution in [-0.4, -0.2) is 58.9 Å². The van der Waals surface area contributed by atoms with Gasteiger partial charge in [-0.15, -0.1) is 0 Å². The number of esters is 1. The summed E-state index contributed by atoms with van der Waals surface area (Å²) < 4.78 is 65.3. The zero-order valence-electron chi connectivity index (χ0n) is 22.6. The Balaban J connectivity index is 1.44. The smallest absolute Gasteiger partial charge is 0.343 e. The van der Waals surface area contributed by atoms with Gasteiger partial charge in [-0.05, 0) is 67.0 Å². The van der Waals surface area contributed by atoms with E-state index in [-0.39, 0.29) is 37.9 Å². The van der Waals surface area contributed by atoms with Crippen LogP contribution < -0.4 is 0 Å². The van der Waals surface area contributed by atoms with Gasteiger partial charge in [-0.3, -0.25) is 9.63 Å². The minimum atomic E-state index is -2.34. The van der Waals surface area contributed by atoms with Crippen LogP contribution in [0.1, 0.15) is 45.6 Å². The maximum atomic E-state index is 17.7. The number of carbonyl (C=O) groups excluding carboxylic acids is 2. The summed E-state index contributed by atoms with van der Waals surface area (Å²) in [4.78, 5) is 32.2. The van der Waals surface area contributed by atoms with Crippen LogP contribution in [0.3, 0.4) is 0 Å². The fourth-order valence-electron chi connectivity index (χ4n) is 9.16. The second kappa shape index (κ2) is 8.72. The predicted octanol–water partition coefficient (Wildman–Crippen LogP) is 4.72. The molecule has 0 amide bonds. The van der Waals surface area contributed by atoms with Crippen LogP contribution in [0.15, 0.2) is 48.1 Å². The largest absolute Gasteiger partial charge is 0.432 e. The average molecular weight is 564 g/mol. The summed E-state index contributed by atoms with van der Waals surface area (Å²) in [5.41, 5.74) is -7.31. The van der Waals surface area contributed by atoms with Gasteiger partial charge in [0.2, 0.25) is 6.86 Å². The molecule has 216 valence electrons. The number of aliphatic hydroxyl groups is 1. The number of aliphatic hydroxyl groups excluding tert-OH is 1. The molecule has 6 rings (SSSR count). The molecule has 6 nitrogen and oxygen atoms in total. The zero-order valence-corrected chi connectivity index (χ0v) is 22.6. The Bertz CT molecular complexity index is 1320. The molecule has 4 aliphatic carbocycles. The molecule has 1 aromatic carbocycles. The van der Waals surface area contributed by atoms with Crippen molar-refractivity contribution in [2.45, 2.75) is 70.1 Å². The van der Waals surface area contributed by atoms with Crippen LogP contribution in [0, 0.1) is 33.9 Å². The third-order valence-corrected chi connectivity index (χ3v) is 11.2. The molecule has 9 atom stereocenters. The van der Waals surface area contributed by atoms with Crippen molar-refractivity contribution in [2.75, 3.05) is 13.4 Å². The van der Waals surface area contributed by atoms with Crippen molar-refractivity contribution in [1.29, 1.82) is 0 Å². The van der Waals surface area contributed by atoms with Crippen LogP contribution in [0.4, 0.5) is 17.6 Å². The molecule has 0 aromatic heterocycles. The molecule has 1 saturated heterocycles. The van der Waals surface area contributed by atoms with Gasteiger partial charge in [0.1, 0.15) is 12.0 Å². The van der Waals surface area contributed by atoms with E-state index in [1.165, 1.54) is 31.2 Å². The van der Waals surface area contributed by atoms with Crippen molar-refractivity contribution < 1.29 is 41.8 Å². The lowest BCUT2D eigenvalue weighted by molar-refractivity contribution is -0.296. The summed E-state index contributed by atoms with van der Waals surface area (Å²) in [5, 5.41) is 13.2. The average Bonchev–Trinajstić information content (AvgIpc) is 3.34. The van der Waals surface area contributed by atoms with Gasteiger partial charge in [0.05, 0.1) is 6.10 Å². The standard InChI is InChI=1S/C30H33F4NO5/c1-26-9-8-20(36)10-21(26)22(33)11-23-27(2)12-18-15-35(14-17-4-6-19(32)7-5-17)40-30(18,25(38)39-16-31)28(27,3)13-24(37)29(23,26)34/h4-10,18,22-24,37H,11-16H2,1-3H3/t18-,22-,23-,24-,26-,27-,28-,29-,30-/m0/s1. The van der Waals surface area contributed by atoms with Crippen molar-refractivity contribution in [3.8, 4) is 0 Å². The van der Waals surface area contributed by atoms with Gasteiger partial charge in [0, 0.05) is 35.8 Å². The van der Waals surface area contributed by atoms with E-state index < -0.39 is 76.1 Å². The molecule has 1 N–H and O–H groups in total. The highest BCUT2D eigenvalue weighted by Crippen LogP contribution is 2.77. The number of ether oxygens (including phenoxy) is 1. The van der Waals surface area contributed by atoms with E-state index in [0.29, 0.717) is 5.56 Å². The van der Waals surface area contributed by atoms with E-state index in [1.54, 1.807) is 31.0 Å². The van der Waals surface area contributed by atoms with Crippen LogP contribution in [-0.2, 0) is 25.7 Å². The summed E-state index contributed by atoms with van der Waals surface area (Å²) in [6.07, 6.45) is 0.124. The highest BCUT2D eigenvalue weighted by Gasteiger charge is 2.84. The molecule has 5 aliphatic rings. The Hall–Kier alpha value is -2.56. The Morgan fingerprint density at radius 1 is 1.20 bits per heavy atom. The van der Waals surface area contributed by atoms with E-state index in [4.69, 9.17) is 9.57 Å². The van der Waals surface area contributed by atoms with Gasteiger partial charge in [-0.1, -0.05) is 32.1 Å². The lowest BCUT2D eigenvalue weighted by atomic mass is 9.40. The number of alkyl halides is 3. The van der Waals surface area contributed by atoms with Crippen LogP contribution in [0.25, 0.3) is 0 Å². The predicted molar refractivity (Wildman–Crippen MR) is 135 cm³/mol. The third kappa shape index (κ3) is 3.21. The van der Waals surface area contributed by atoms with E-state index in [2.05, 4.69) is 0 Å². The molecule has 3 saturated carbocycles. The summed E-state index contributed by atoms with van der Waals surface area (Å²) in [6, 6.07) is 5.79. The maximum absolute atomic E-state index is 17.7. The topological polar surface area (TPSA) is 76.1 Å². The molecular formula is C30H33F4NO5. The number of hydroxylamine groups is 2. The summed E-state index contributed by atoms with van der Waals surface area (Å²) >= 11 is 0. The molecule has 4 fully saturated rings. The molecule has 0 radical (unpaired) electrons. The fourth-order valence-corrected chi connectivity index (χ4v) is 9.16. The first-order valence-corrected chi connectivity index (χ1v) is 13.6. The molecule has 0 unspecified atom stereocenters. The van der Waals surface area contributed by atoms with Gasteiger partial charge in [-0.2, -0.15) is 5.06 Å². The molecule has 10 heteroatoms. The van der Waals surface area contributed by atoms with Gasteiger partial charge >= 0.3 is 5.97 Å². The SMILES string of the molecule is C[C@]12C[C@H](O)[C@@]3(F)[C@@H](C[C@H](F)C4=CC(=O)C=C[C@@]43C)[C@]1(C)C[C@H]1CN(Cc3ccc(F)cc3)O[C@]12C(=O)OCF. The number of fused-ring (bicyclic) bond motifs is 7. The first-order chi connectivity index (χ1) is 18.8. The van der Waals surface area contributed by atoms with Crippen LogP contribution in [0.5, 0.6) is 0 Å². The Labute approximate surface area is 230 Å². The van der Waals surface area contributed by atoms with Crippen molar-refractivity contribution in [2.24, 2.45) is 28.1 Å². The van der Waals surface area contributed by atoms with Crippen LogP contribution in [0.2, 0.25) is 0 Å². The summed E-state index contributed by atoms with van der Waals surface area (Å²) in [6.45, 7) is 4.05. The Morgan fingerprint density at radius 2 is 1.90 bits per heavy atom. The monoisotopic (exact) mass is 563 g/mol. The normalized spacial score (nSPS) is 45.8. The fraction of sp³-hybridized carbons (Fsp3) is 0.600. The third-order valence-electron chi connectivity index (χ3n) is 11.2. The molecule has 1 aliphatic heterocycles. The number of carbonyl (C=O) groups is 2. The summed E-state index contributed by atoms with van der Waals surface area (Å²) in [7, 11) is 0. The Morgan fingerprint density at radius 3 is 2.58 bits per heavy atom. The van der Waals surface area contributed by atoms with E-state index in [1.807, 2.05) is 0 Å². The lowest BCUT2D eigenvalue weighted by Crippen LogP contribution is -2.73. The Kier molecular flexibility index (Phi) is 6.02. The number of allylic oxidation sites excluding steroid dienone is 4. The van der Waals surface area contributed by atoms with Crippen LogP contribution >= 0.6 is 0 Å². The molecule has 0 bridgehead atoms. The van der Waals surface area contributed by atoms with Gasteiger partial charge in [0.25, 0.3) is 0 Å². The molecule has 0 spiro atoms. The lowest BCUT2D eigenvalue weighted by Gasteiger charge is -2.66. The molecule has 40 heavy (non-hydrogen) atoms. The van der Waals surface area contributed by atoms with E-state index in [0.717, 1.165) is 6.08 Å². The quantitative estimate of drug-likeness (QED) is 0.422. The number of halogens is 4. The summed E-state index contributed by atoms with van der Waals surface area (Å²) in [5.74, 6) is -3.42. The molecule has 1 aromatic rings. The maximum Gasteiger partial charge on any atom is 0.343 e. The van der Waals surface area contributed by atoms with Gasteiger partial charge < -0.3 is 9.84 Å². The van der Waals surface area contributed by atoms with Gasteiger partial charge in [-0.25, -0.2) is 22.4 Å². The minimum absolute atomic E-state index is 0.0106. The zero-order chi connectivity index (χ0) is 28.9. The van der Waals surface area contributed by atoms with Crippen molar-refractivity contribution >= 4 is 11.8 Å². The highest BCUT2D eigenvalue weighted by atomic mass is 19.2. The molecule has 1 heterocycles. The highest BCUT2D eigenvalue weighted by molar-refractivity contribution is 6.01. The second-order valence-electron chi connectivity index (χ2n) is 12.7. The number of rotatable bonds is 4. The minimum Gasteiger partial charge on any atom is -0.432 e.